The van der Waals surface area contributed by atoms with Gasteiger partial charge in [-0.15, -0.1) is 0 Å². The van der Waals surface area contributed by atoms with Crippen molar-refractivity contribution in [3.8, 4) is 0 Å². The largest absolute Gasteiger partial charge is 0.481 e. The number of rotatable bonds is 5. The smallest absolute Gasteiger partial charge is 0.315 e. The second kappa shape index (κ2) is 5.98. The predicted molar refractivity (Wildman–Crippen MR) is 74.6 cm³/mol. The molecule has 0 bridgehead atoms. The zero-order chi connectivity index (χ0) is 15.5. The maximum Gasteiger partial charge on any atom is 0.315 e. The van der Waals surface area contributed by atoms with E-state index in [1.165, 1.54) is 0 Å². The number of nitrogens with one attached hydrogen (secondary N) is 2. The Balaban J connectivity index is 2.62. The third kappa shape index (κ3) is 4.60. The lowest BCUT2D eigenvalue weighted by Crippen LogP contribution is -2.49. The summed E-state index contributed by atoms with van der Waals surface area (Å²) in [6, 6.07) is 1.26. The first-order valence-electron chi connectivity index (χ1n) is 6.48. The molecule has 0 saturated heterocycles. The maximum absolute atomic E-state index is 11.9. The summed E-state index contributed by atoms with van der Waals surface area (Å²) in [6.07, 6.45) is -0.140. The Hall–Kier alpha value is -1.98. The zero-order valence-electron chi connectivity index (χ0n) is 12.5. The number of carbonyl (C=O) groups excluding carboxylic acids is 1. The molecule has 1 aromatic heterocycles. The molecule has 0 aliphatic carbocycles. The summed E-state index contributed by atoms with van der Waals surface area (Å²) in [5.74, 6) is 0.600. The van der Waals surface area contributed by atoms with E-state index in [-0.39, 0.29) is 12.5 Å². The van der Waals surface area contributed by atoms with Crippen LogP contribution in [0.3, 0.4) is 0 Å². The third-order valence-electron chi connectivity index (χ3n) is 2.94. The van der Waals surface area contributed by atoms with Gasteiger partial charge in [0, 0.05) is 11.1 Å². The van der Waals surface area contributed by atoms with Gasteiger partial charge >= 0.3 is 12.0 Å². The molecule has 0 saturated carbocycles. The lowest BCUT2D eigenvalue weighted by atomic mass is 10.0. The number of carboxylic acid groups (broad SMARTS) is 1. The minimum atomic E-state index is -0.954. The van der Waals surface area contributed by atoms with Gasteiger partial charge in [0.2, 0.25) is 0 Å². The summed E-state index contributed by atoms with van der Waals surface area (Å²) in [5.41, 5.74) is 0.102. The summed E-state index contributed by atoms with van der Waals surface area (Å²) in [4.78, 5) is 22.6. The fraction of sp³-hybridized carbons (Fsp3) is 0.571. The molecule has 0 aromatic carbocycles. The molecule has 1 rings (SSSR count). The highest BCUT2D eigenvalue weighted by Gasteiger charge is 2.25. The van der Waals surface area contributed by atoms with Gasteiger partial charge in [-0.3, -0.25) is 4.79 Å². The molecule has 1 heterocycles. The minimum absolute atomic E-state index is 0.140. The average molecular weight is 282 g/mol. The van der Waals surface area contributed by atoms with Crippen molar-refractivity contribution in [2.75, 3.05) is 0 Å². The Bertz CT molecular complexity index is 505. The number of carbonyl (C=O) groups is 2. The van der Waals surface area contributed by atoms with Crippen molar-refractivity contribution in [2.24, 2.45) is 0 Å². The first-order chi connectivity index (χ1) is 9.10. The first-order valence-corrected chi connectivity index (χ1v) is 6.48. The van der Waals surface area contributed by atoms with E-state index in [0.717, 1.165) is 17.1 Å². The molecular weight excluding hydrogens is 260 g/mol. The van der Waals surface area contributed by atoms with Crippen LogP contribution in [-0.2, 0) is 4.79 Å². The lowest BCUT2D eigenvalue weighted by Gasteiger charge is -2.25. The van der Waals surface area contributed by atoms with E-state index in [1.807, 2.05) is 26.8 Å². The van der Waals surface area contributed by atoms with E-state index in [2.05, 4.69) is 10.6 Å². The summed E-state index contributed by atoms with van der Waals surface area (Å²) in [6.45, 7) is 8.87. The molecular formula is C14H22N2O4. The van der Waals surface area contributed by atoms with Crippen LogP contribution in [0.4, 0.5) is 4.79 Å². The van der Waals surface area contributed by atoms with Gasteiger partial charge in [0.15, 0.2) is 0 Å². The lowest BCUT2D eigenvalue weighted by molar-refractivity contribution is -0.138. The van der Waals surface area contributed by atoms with Crippen molar-refractivity contribution >= 4 is 12.0 Å². The Morgan fingerprint density at radius 2 is 2.00 bits per heavy atom. The highest BCUT2D eigenvalue weighted by Crippen LogP contribution is 2.21. The van der Waals surface area contributed by atoms with Crippen molar-refractivity contribution in [1.82, 2.24) is 10.6 Å². The number of carboxylic acids is 1. The topological polar surface area (TPSA) is 91.6 Å². The Kier molecular flexibility index (Phi) is 4.81. The van der Waals surface area contributed by atoms with E-state index < -0.39 is 17.5 Å². The van der Waals surface area contributed by atoms with Gasteiger partial charge in [0.05, 0.1) is 12.5 Å². The molecule has 0 aliphatic heterocycles. The van der Waals surface area contributed by atoms with Crippen molar-refractivity contribution in [3.05, 3.63) is 23.2 Å². The number of furan rings is 1. The standard InChI is InChI=1S/C14H22N2O4/c1-8-6-11(10(3)20-8)9(2)15-13(19)16-14(4,5)7-12(17)18/h6,9H,7H2,1-5H3,(H,17,18)(H2,15,16,19). The summed E-state index contributed by atoms with van der Waals surface area (Å²) in [7, 11) is 0. The molecule has 6 nitrogen and oxygen atoms in total. The highest BCUT2D eigenvalue weighted by molar-refractivity contribution is 5.77. The van der Waals surface area contributed by atoms with Crippen LogP contribution in [0, 0.1) is 13.8 Å². The molecule has 0 aliphatic rings. The number of aryl methyl sites for hydroxylation is 2. The Morgan fingerprint density at radius 1 is 1.40 bits per heavy atom. The Labute approximate surface area is 118 Å². The van der Waals surface area contributed by atoms with Crippen LogP contribution >= 0.6 is 0 Å². The monoisotopic (exact) mass is 282 g/mol. The van der Waals surface area contributed by atoms with Crippen molar-refractivity contribution < 1.29 is 19.1 Å². The number of hydrogen-bond acceptors (Lipinski definition) is 3. The SMILES string of the molecule is Cc1cc(C(C)NC(=O)NC(C)(C)CC(=O)O)c(C)o1. The van der Waals surface area contributed by atoms with Crippen LogP contribution < -0.4 is 10.6 Å². The zero-order valence-corrected chi connectivity index (χ0v) is 12.5. The molecule has 112 valence electrons. The molecule has 0 radical (unpaired) electrons. The van der Waals surface area contributed by atoms with Gasteiger partial charge in [-0.1, -0.05) is 0 Å². The number of amides is 2. The van der Waals surface area contributed by atoms with E-state index in [0.29, 0.717) is 0 Å². The molecule has 2 amide bonds. The van der Waals surface area contributed by atoms with Gasteiger partial charge in [0.1, 0.15) is 11.5 Å². The van der Waals surface area contributed by atoms with Crippen LogP contribution in [0.5, 0.6) is 0 Å². The van der Waals surface area contributed by atoms with Gasteiger partial charge in [0.25, 0.3) is 0 Å². The van der Waals surface area contributed by atoms with Gasteiger partial charge in [-0.2, -0.15) is 0 Å². The molecule has 20 heavy (non-hydrogen) atoms. The van der Waals surface area contributed by atoms with Crippen LogP contribution in [-0.4, -0.2) is 22.6 Å². The van der Waals surface area contributed by atoms with E-state index in [9.17, 15) is 9.59 Å². The van der Waals surface area contributed by atoms with Crippen LogP contribution in [0.1, 0.15) is 50.3 Å². The van der Waals surface area contributed by atoms with Gasteiger partial charge in [-0.05, 0) is 40.7 Å². The maximum atomic E-state index is 11.9. The van der Waals surface area contributed by atoms with Crippen molar-refractivity contribution in [2.45, 2.75) is 52.6 Å². The number of urea groups is 1. The van der Waals surface area contributed by atoms with Crippen LogP contribution in [0.15, 0.2) is 10.5 Å². The van der Waals surface area contributed by atoms with E-state index >= 15 is 0 Å². The molecule has 3 N–H and O–H groups in total. The summed E-state index contributed by atoms with van der Waals surface area (Å²) >= 11 is 0. The summed E-state index contributed by atoms with van der Waals surface area (Å²) in [5, 5.41) is 14.2. The van der Waals surface area contributed by atoms with Crippen molar-refractivity contribution in [1.29, 1.82) is 0 Å². The minimum Gasteiger partial charge on any atom is -0.481 e. The van der Waals surface area contributed by atoms with E-state index in [4.69, 9.17) is 9.52 Å². The van der Waals surface area contributed by atoms with Gasteiger partial charge in [-0.25, -0.2) is 4.79 Å². The molecule has 1 atom stereocenters. The molecule has 1 aromatic rings. The van der Waals surface area contributed by atoms with Crippen LogP contribution in [0.2, 0.25) is 0 Å². The van der Waals surface area contributed by atoms with Gasteiger partial charge < -0.3 is 20.2 Å². The van der Waals surface area contributed by atoms with Crippen molar-refractivity contribution in [3.63, 3.8) is 0 Å². The highest BCUT2D eigenvalue weighted by atomic mass is 16.4. The number of hydrogen-bond donors (Lipinski definition) is 3. The Morgan fingerprint density at radius 3 is 2.45 bits per heavy atom. The second-order valence-electron chi connectivity index (χ2n) is 5.64. The third-order valence-corrected chi connectivity index (χ3v) is 2.94. The first kappa shape index (κ1) is 16.1. The molecule has 0 fully saturated rings. The molecule has 0 spiro atoms. The quantitative estimate of drug-likeness (QED) is 0.773. The fourth-order valence-corrected chi connectivity index (χ4v) is 2.12. The predicted octanol–water partition coefficient (Wildman–Crippen LogP) is 2.51. The summed E-state index contributed by atoms with van der Waals surface area (Å²) < 4.78 is 5.42. The second-order valence-corrected chi connectivity index (χ2v) is 5.64. The average Bonchev–Trinajstić information content (AvgIpc) is 2.54. The van der Waals surface area contributed by atoms with Crippen LogP contribution in [0.25, 0.3) is 0 Å². The fourth-order valence-electron chi connectivity index (χ4n) is 2.12. The number of aliphatic carboxylic acids is 1. The normalized spacial score (nSPS) is 12.8. The molecule has 6 heteroatoms. The van der Waals surface area contributed by atoms with E-state index in [1.54, 1.807) is 13.8 Å². The molecule has 1 unspecified atom stereocenters.